The van der Waals surface area contributed by atoms with Gasteiger partial charge in [0.05, 0.1) is 16.6 Å². The van der Waals surface area contributed by atoms with Gasteiger partial charge in [0.25, 0.3) is 5.91 Å². The fourth-order valence-corrected chi connectivity index (χ4v) is 2.73. The summed E-state index contributed by atoms with van der Waals surface area (Å²) in [5.74, 6) is -1.29. The van der Waals surface area contributed by atoms with Crippen molar-refractivity contribution in [2.24, 2.45) is 5.92 Å². The highest BCUT2D eigenvalue weighted by Gasteiger charge is 2.36. The van der Waals surface area contributed by atoms with Crippen molar-refractivity contribution in [2.45, 2.75) is 13.0 Å². The summed E-state index contributed by atoms with van der Waals surface area (Å²) in [5.41, 5.74) is 0.207. The lowest BCUT2D eigenvalue weighted by atomic mass is 10.1. The van der Waals surface area contributed by atoms with Crippen molar-refractivity contribution in [2.75, 3.05) is 19.7 Å². The van der Waals surface area contributed by atoms with Gasteiger partial charge in [-0.15, -0.1) is 0 Å². The summed E-state index contributed by atoms with van der Waals surface area (Å²) in [4.78, 5) is 25.0. The number of benzene rings is 1. The molecule has 0 bridgehead atoms. The quantitative estimate of drug-likeness (QED) is 0.876. The number of carbonyl (C=O) groups excluding carboxylic acids is 2. The molecule has 1 aromatic rings. The molecule has 1 heterocycles. The third kappa shape index (κ3) is 3.51. The Bertz CT molecular complexity index is 567. The first-order valence-electron chi connectivity index (χ1n) is 6.54. The summed E-state index contributed by atoms with van der Waals surface area (Å²) < 4.78 is 13.0. The van der Waals surface area contributed by atoms with E-state index in [1.165, 1.54) is 24.0 Å². The summed E-state index contributed by atoms with van der Waals surface area (Å²) in [6.07, 6.45) is 0. The minimum Gasteiger partial charge on any atom is -0.396 e. The molecule has 1 fully saturated rings. The Hall–Kier alpha value is -1.66. The molecule has 1 aliphatic heterocycles. The molecule has 1 saturated heterocycles. The minimum atomic E-state index is -0.512. The van der Waals surface area contributed by atoms with Crippen LogP contribution in [-0.2, 0) is 4.79 Å². The molecule has 2 N–H and O–H groups in total. The number of amides is 2. The smallest absolute Gasteiger partial charge is 0.255 e. The van der Waals surface area contributed by atoms with Crippen LogP contribution in [0.4, 0.5) is 4.39 Å². The van der Waals surface area contributed by atoms with Crippen LogP contribution in [0.3, 0.4) is 0 Å². The summed E-state index contributed by atoms with van der Waals surface area (Å²) in [6, 6.07) is 3.29. The Morgan fingerprint density at radius 2 is 2.19 bits per heavy atom. The van der Waals surface area contributed by atoms with E-state index in [1.54, 1.807) is 0 Å². The first-order chi connectivity index (χ1) is 9.92. The first kappa shape index (κ1) is 15.7. The number of nitrogens with one attached hydrogen (secondary N) is 1. The van der Waals surface area contributed by atoms with Gasteiger partial charge in [-0.2, -0.15) is 0 Å². The van der Waals surface area contributed by atoms with Crippen LogP contribution in [0, 0.1) is 11.7 Å². The molecule has 0 saturated carbocycles. The lowest BCUT2D eigenvalue weighted by molar-refractivity contribution is -0.119. The molecule has 0 aromatic heterocycles. The van der Waals surface area contributed by atoms with Gasteiger partial charge in [-0.1, -0.05) is 11.6 Å². The average molecular weight is 315 g/mol. The number of nitrogens with zero attached hydrogens (tertiary/aromatic N) is 1. The monoisotopic (exact) mass is 314 g/mol. The largest absolute Gasteiger partial charge is 0.396 e. The highest BCUT2D eigenvalue weighted by atomic mass is 35.5. The first-order valence-corrected chi connectivity index (χ1v) is 6.92. The van der Waals surface area contributed by atoms with Gasteiger partial charge < -0.3 is 15.3 Å². The number of aliphatic hydroxyl groups excluding tert-OH is 1. The van der Waals surface area contributed by atoms with Gasteiger partial charge in [-0.05, 0) is 18.2 Å². The van der Waals surface area contributed by atoms with Crippen LogP contribution in [0.1, 0.15) is 17.3 Å². The number of rotatable bonds is 3. The number of aliphatic hydroxyl groups is 1. The normalized spacial score (nSPS) is 21.4. The standard InChI is InChI=1S/C14H16ClFN2O3/c1-8(20)17-13-6-18(5-9(13)7-19)14(21)11-3-2-10(16)4-12(11)15/h2-4,9,13,19H,5-7H2,1H3,(H,17,20)/t9-,13+/m0/s1. The van der Waals surface area contributed by atoms with Crippen LogP contribution in [0.5, 0.6) is 0 Å². The summed E-state index contributed by atoms with van der Waals surface area (Å²) in [5, 5.41) is 12.1. The van der Waals surface area contributed by atoms with E-state index < -0.39 is 5.82 Å². The molecule has 0 unspecified atom stereocenters. The molecule has 0 spiro atoms. The molecule has 114 valence electrons. The predicted molar refractivity (Wildman–Crippen MR) is 75.5 cm³/mol. The second-order valence-electron chi connectivity index (χ2n) is 5.08. The van der Waals surface area contributed by atoms with Gasteiger partial charge in [-0.3, -0.25) is 9.59 Å². The fraction of sp³-hybridized carbons (Fsp3) is 0.429. The van der Waals surface area contributed by atoms with Crippen LogP contribution in [0.2, 0.25) is 5.02 Å². The fourth-order valence-electron chi connectivity index (χ4n) is 2.48. The van der Waals surface area contributed by atoms with E-state index in [9.17, 15) is 19.1 Å². The Morgan fingerprint density at radius 1 is 1.48 bits per heavy atom. The van der Waals surface area contributed by atoms with Crippen molar-refractivity contribution in [3.05, 3.63) is 34.6 Å². The number of hydrogen-bond donors (Lipinski definition) is 2. The van der Waals surface area contributed by atoms with Crippen LogP contribution in [0.25, 0.3) is 0 Å². The molecule has 2 atom stereocenters. The zero-order chi connectivity index (χ0) is 15.6. The Kier molecular flexibility index (Phi) is 4.80. The average Bonchev–Trinajstić information content (AvgIpc) is 2.80. The molecule has 2 amide bonds. The predicted octanol–water partition coefficient (Wildman–Crippen LogP) is 1.05. The molecule has 21 heavy (non-hydrogen) atoms. The van der Waals surface area contributed by atoms with Crippen molar-refractivity contribution < 1.29 is 19.1 Å². The number of hydrogen-bond acceptors (Lipinski definition) is 3. The zero-order valence-corrected chi connectivity index (χ0v) is 12.2. The van der Waals surface area contributed by atoms with E-state index in [0.29, 0.717) is 6.54 Å². The summed E-state index contributed by atoms with van der Waals surface area (Å²) in [7, 11) is 0. The van der Waals surface area contributed by atoms with Crippen molar-refractivity contribution in [1.29, 1.82) is 0 Å². The topological polar surface area (TPSA) is 69.6 Å². The van der Waals surface area contributed by atoms with Crippen LogP contribution < -0.4 is 5.32 Å². The van der Waals surface area contributed by atoms with Crippen molar-refractivity contribution in [3.8, 4) is 0 Å². The van der Waals surface area contributed by atoms with Gasteiger partial charge >= 0.3 is 0 Å². The van der Waals surface area contributed by atoms with E-state index in [4.69, 9.17) is 11.6 Å². The summed E-state index contributed by atoms with van der Waals surface area (Å²) in [6.45, 7) is 1.85. The molecule has 1 aliphatic rings. The second-order valence-corrected chi connectivity index (χ2v) is 5.49. The third-order valence-electron chi connectivity index (χ3n) is 3.51. The molecule has 0 aliphatic carbocycles. The third-order valence-corrected chi connectivity index (χ3v) is 3.83. The molecule has 1 aromatic carbocycles. The van der Waals surface area contributed by atoms with Gasteiger partial charge in [0.1, 0.15) is 5.82 Å². The highest BCUT2D eigenvalue weighted by molar-refractivity contribution is 6.33. The molecule has 0 radical (unpaired) electrons. The van der Waals surface area contributed by atoms with E-state index in [1.807, 2.05) is 0 Å². The lowest BCUT2D eigenvalue weighted by Gasteiger charge is -2.17. The Morgan fingerprint density at radius 3 is 2.76 bits per heavy atom. The summed E-state index contributed by atoms with van der Waals surface area (Å²) >= 11 is 5.89. The lowest BCUT2D eigenvalue weighted by Crippen LogP contribution is -2.40. The maximum atomic E-state index is 13.0. The Balaban J connectivity index is 2.15. The van der Waals surface area contributed by atoms with Crippen LogP contribution in [0.15, 0.2) is 18.2 Å². The number of carbonyl (C=O) groups is 2. The number of halogens is 2. The second kappa shape index (κ2) is 6.41. The highest BCUT2D eigenvalue weighted by Crippen LogP contribution is 2.23. The molecule has 7 heteroatoms. The number of likely N-dealkylation sites (tertiary alicyclic amines) is 1. The van der Waals surface area contributed by atoms with Gasteiger partial charge in [0, 0.05) is 32.5 Å². The molecule has 2 rings (SSSR count). The zero-order valence-electron chi connectivity index (χ0n) is 11.5. The maximum Gasteiger partial charge on any atom is 0.255 e. The van der Waals surface area contributed by atoms with Crippen molar-refractivity contribution in [3.63, 3.8) is 0 Å². The van der Waals surface area contributed by atoms with E-state index in [0.717, 1.165) is 6.07 Å². The van der Waals surface area contributed by atoms with Gasteiger partial charge in [-0.25, -0.2) is 4.39 Å². The SMILES string of the molecule is CC(=O)N[C@@H]1CN(C(=O)c2ccc(F)cc2Cl)C[C@H]1CO. The van der Waals surface area contributed by atoms with E-state index >= 15 is 0 Å². The van der Waals surface area contributed by atoms with E-state index in [2.05, 4.69) is 5.32 Å². The maximum absolute atomic E-state index is 13.0. The van der Waals surface area contributed by atoms with Crippen LogP contribution in [-0.4, -0.2) is 47.6 Å². The molecule has 5 nitrogen and oxygen atoms in total. The van der Waals surface area contributed by atoms with Crippen molar-refractivity contribution >= 4 is 23.4 Å². The van der Waals surface area contributed by atoms with Crippen LogP contribution >= 0.6 is 11.6 Å². The minimum absolute atomic E-state index is 0.0449. The molecular formula is C14H16ClFN2O3. The Labute approximate surface area is 126 Å². The van der Waals surface area contributed by atoms with Gasteiger partial charge in [0.2, 0.25) is 5.91 Å². The van der Waals surface area contributed by atoms with Gasteiger partial charge in [0.15, 0.2) is 0 Å². The van der Waals surface area contributed by atoms with E-state index in [-0.39, 0.29) is 47.5 Å². The van der Waals surface area contributed by atoms with Crippen molar-refractivity contribution in [1.82, 2.24) is 10.2 Å². The molecular weight excluding hydrogens is 299 g/mol.